The quantitative estimate of drug-likeness (QED) is 0.419. The molecule has 0 fully saturated rings. The topological polar surface area (TPSA) is 12.0 Å². The fourth-order valence-corrected chi connectivity index (χ4v) is 4.29. The van der Waals surface area contributed by atoms with E-state index in [9.17, 15) is 0 Å². The Balaban J connectivity index is 2.05. The fourth-order valence-electron chi connectivity index (χ4n) is 2.92. The summed E-state index contributed by atoms with van der Waals surface area (Å²) in [7, 11) is 0. The van der Waals surface area contributed by atoms with E-state index in [0.717, 1.165) is 13.0 Å². The second kappa shape index (κ2) is 7.86. The Hall–Kier alpha value is -0.600. The summed E-state index contributed by atoms with van der Waals surface area (Å²) in [6.07, 6.45) is 12.4. The molecule has 1 nitrogen and oxygen atoms in total. The van der Waals surface area contributed by atoms with Gasteiger partial charge >= 0.3 is 0 Å². The summed E-state index contributed by atoms with van der Waals surface area (Å²) >= 11 is 2.07. The van der Waals surface area contributed by atoms with Gasteiger partial charge in [-0.3, -0.25) is 0 Å². The third-order valence-electron chi connectivity index (χ3n) is 3.96. The molecule has 0 aliphatic heterocycles. The van der Waals surface area contributed by atoms with Gasteiger partial charge in [0.05, 0.1) is 0 Å². The summed E-state index contributed by atoms with van der Waals surface area (Å²) in [5, 5.41) is 3.66. The Morgan fingerprint density at radius 3 is 3.00 bits per heavy atom. The molecule has 0 spiro atoms. The van der Waals surface area contributed by atoms with E-state index in [2.05, 4.69) is 36.2 Å². The Morgan fingerprint density at radius 2 is 2.21 bits per heavy atom. The minimum absolute atomic E-state index is 0.557. The van der Waals surface area contributed by atoms with Crippen LogP contribution in [0.1, 0.15) is 66.8 Å². The Bertz CT molecular complexity index is 370. The van der Waals surface area contributed by atoms with E-state index < -0.39 is 0 Å². The average molecular weight is 277 g/mol. The highest BCUT2D eigenvalue weighted by molar-refractivity contribution is 7.12. The van der Waals surface area contributed by atoms with Crippen LogP contribution in [0.3, 0.4) is 0 Å². The van der Waals surface area contributed by atoms with Gasteiger partial charge in [0.2, 0.25) is 0 Å². The number of thiophene rings is 1. The standard InChI is InChI=1S/C17H27NS/c1-3-5-7-11-15(18-4-2)17-13-14-10-8-6-9-12-16(14)19-17/h3,13,15,18H,1,4-12H2,2H3. The SMILES string of the molecule is C=CCCCC(NCC)c1cc2c(s1)CCCCC2. The first-order valence-corrected chi connectivity index (χ1v) is 8.62. The molecule has 2 rings (SSSR count). The van der Waals surface area contributed by atoms with Crippen molar-refractivity contribution < 1.29 is 0 Å². The zero-order valence-electron chi connectivity index (χ0n) is 12.2. The zero-order valence-corrected chi connectivity index (χ0v) is 13.0. The third-order valence-corrected chi connectivity index (χ3v) is 5.31. The van der Waals surface area contributed by atoms with Gasteiger partial charge in [-0.2, -0.15) is 0 Å². The number of rotatable bonds is 7. The van der Waals surface area contributed by atoms with Crippen LogP contribution in [0, 0.1) is 0 Å². The third kappa shape index (κ3) is 4.19. The largest absolute Gasteiger partial charge is 0.310 e. The van der Waals surface area contributed by atoms with Crippen LogP contribution in [-0.4, -0.2) is 6.54 Å². The number of unbranched alkanes of at least 4 members (excludes halogenated alkanes) is 1. The maximum atomic E-state index is 3.82. The highest BCUT2D eigenvalue weighted by Crippen LogP contribution is 2.34. The summed E-state index contributed by atoms with van der Waals surface area (Å²) in [6, 6.07) is 3.05. The summed E-state index contributed by atoms with van der Waals surface area (Å²) in [6.45, 7) is 7.09. The van der Waals surface area contributed by atoms with Gasteiger partial charge in [-0.25, -0.2) is 0 Å². The van der Waals surface area contributed by atoms with Crippen LogP contribution in [0.4, 0.5) is 0 Å². The molecule has 0 aromatic carbocycles. The van der Waals surface area contributed by atoms with Crippen molar-refractivity contribution in [3.05, 3.63) is 34.0 Å². The molecule has 1 atom stereocenters. The molecule has 0 bridgehead atoms. The van der Waals surface area contributed by atoms with Crippen LogP contribution in [0.5, 0.6) is 0 Å². The van der Waals surface area contributed by atoms with Gasteiger partial charge in [-0.05, 0) is 63.1 Å². The van der Waals surface area contributed by atoms with Gasteiger partial charge in [-0.15, -0.1) is 17.9 Å². The van der Waals surface area contributed by atoms with E-state index in [-0.39, 0.29) is 0 Å². The first-order chi connectivity index (χ1) is 9.35. The van der Waals surface area contributed by atoms with Gasteiger partial charge in [0.1, 0.15) is 0 Å². The first-order valence-electron chi connectivity index (χ1n) is 7.81. The number of nitrogens with one attached hydrogen (secondary N) is 1. The van der Waals surface area contributed by atoms with E-state index in [4.69, 9.17) is 0 Å². The molecule has 1 aliphatic carbocycles. The number of aryl methyl sites for hydroxylation is 2. The number of hydrogen-bond donors (Lipinski definition) is 1. The molecule has 1 heterocycles. The minimum Gasteiger partial charge on any atom is -0.310 e. The normalized spacial score (nSPS) is 16.7. The van der Waals surface area contributed by atoms with Crippen molar-refractivity contribution in [2.24, 2.45) is 0 Å². The molecule has 1 aromatic rings. The number of fused-ring (bicyclic) bond motifs is 1. The molecule has 1 N–H and O–H groups in total. The molecule has 2 heteroatoms. The van der Waals surface area contributed by atoms with Gasteiger partial charge in [-0.1, -0.05) is 19.4 Å². The minimum atomic E-state index is 0.557. The Kier molecular flexibility index (Phi) is 6.12. The summed E-state index contributed by atoms with van der Waals surface area (Å²) in [5.74, 6) is 0. The molecule has 0 saturated heterocycles. The first kappa shape index (κ1) is 14.8. The lowest BCUT2D eigenvalue weighted by molar-refractivity contribution is 0.507. The van der Waals surface area contributed by atoms with Gasteiger partial charge in [0.15, 0.2) is 0 Å². The maximum absolute atomic E-state index is 3.82. The molecule has 1 unspecified atom stereocenters. The average Bonchev–Trinajstić information content (AvgIpc) is 2.69. The lowest BCUT2D eigenvalue weighted by atomic mass is 10.1. The summed E-state index contributed by atoms with van der Waals surface area (Å²) in [4.78, 5) is 3.23. The van der Waals surface area contributed by atoms with Crippen LogP contribution in [-0.2, 0) is 12.8 Å². The lowest BCUT2D eigenvalue weighted by Crippen LogP contribution is -2.19. The van der Waals surface area contributed by atoms with Crippen LogP contribution >= 0.6 is 11.3 Å². The molecule has 1 aliphatic rings. The zero-order chi connectivity index (χ0) is 13.5. The van der Waals surface area contributed by atoms with E-state index in [0.29, 0.717) is 6.04 Å². The van der Waals surface area contributed by atoms with E-state index in [1.165, 1.54) is 44.9 Å². The molecule has 19 heavy (non-hydrogen) atoms. The van der Waals surface area contributed by atoms with Crippen LogP contribution in [0.2, 0.25) is 0 Å². The monoisotopic (exact) mass is 277 g/mol. The lowest BCUT2D eigenvalue weighted by Gasteiger charge is -2.16. The van der Waals surface area contributed by atoms with Crippen molar-refractivity contribution in [1.82, 2.24) is 5.32 Å². The maximum Gasteiger partial charge on any atom is 0.0415 e. The number of allylic oxidation sites excluding steroid dienone is 1. The molecular formula is C17H27NS. The molecule has 106 valence electrons. The highest BCUT2D eigenvalue weighted by Gasteiger charge is 2.17. The van der Waals surface area contributed by atoms with Gasteiger partial charge in [0.25, 0.3) is 0 Å². The predicted molar refractivity (Wildman–Crippen MR) is 86.0 cm³/mol. The van der Waals surface area contributed by atoms with Crippen molar-refractivity contribution in [3.63, 3.8) is 0 Å². The Morgan fingerprint density at radius 1 is 1.37 bits per heavy atom. The van der Waals surface area contributed by atoms with E-state index >= 15 is 0 Å². The van der Waals surface area contributed by atoms with Crippen molar-refractivity contribution in [3.8, 4) is 0 Å². The van der Waals surface area contributed by atoms with Gasteiger partial charge < -0.3 is 5.32 Å². The van der Waals surface area contributed by atoms with Crippen molar-refractivity contribution >= 4 is 11.3 Å². The van der Waals surface area contributed by atoms with Crippen LogP contribution in [0.25, 0.3) is 0 Å². The second-order valence-corrected chi connectivity index (χ2v) is 6.66. The fraction of sp³-hybridized carbons (Fsp3) is 0.647. The highest BCUT2D eigenvalue weighted by atomic mass is 32.1. The van der Waals surface area contributed by atoms with E-state index in [1.807, 2.05) is 6.08 Å². The molecular weight excluding hydrogens is 250 g/mol. The smallest absolute Gasteiger partial charge is 0.0415 e. The van der Waals surface area contributed by atoms with Crippen LogP contribution in [0.15, 0.2) is 18.7 Å². The Labute approximate surface area is 122 Å². The molecule has 0 amide bonds. The summed E-state index contributed by atoms with van der Waals surface area (Å²) in [5.41, 5.74) is 1.64. The number of hydrogen-bond acceptors (Lipinski definition) is 2. The predicted octanol–water partition coefficient (Wildman–Crippen LogP) is 5.02. The molecule has 1 aromatic heterocycles. The van der Waals surface area contributed by atoms with Crippen molar-refractivity contribution in [2.75, 3.05) is 6.54 Å². The van der Waals surface area contributed by atoms with E-state index in [1.54, 1.807) is 15.3 Å². The second-order valence-electron chi connectivity index (χ2n) is 5.49. The molecule has 0 saturated carbocycles. The van der Waals surface area contributed by atoms with Crippen molar-refractivity contribution in [1.29, 1.82) is 0 Å². The van der Waals surface area contributed by atoms with Crippen LogP contribution < -0.4 is 5.32 Å². The van der Waals surface area contributed by atoms with Gasteiger partial charge in [0, 0.05) is 15.8 Å². The van der Waals surface area contributed by atoms with Crippen molar-refractivity contribution in [2.45, 2.75) is 64.3 Å². The summed E-state index contributed by atoms with van der Waals surface area (Å²) < 4.78 is 0. The molecule has 0 radical (unpaired) electrons.